The summed E-state index contributed by atoms with van der Waals surface area (Å²) in [5.74, 6) is 1.64. The first-order valence-electron chi connectivity index (χ1n) is 10.1. The van der Waals surface area contributed by atoms with E-state index in [1.807, 2.05) is 24.4 Å². The Labute approximate surface area is 164 Å². The number of likely N-dealkylation sites (tertiary alicyclic amines) is 1. The van der Waals surface area contributed by atoms with E-state index in [0.29, 0.717) is 17.7 Å². The zero-order chi connectivity index (χ0) is 19.1. The van der Waals surface area contributed by atoms with E-state index >= 15 is 0 Å². The van der Waals surface area contributed by atoms with Crippen molar-refractivity contribution in [1.29, 1.82) is 0 Å². The molecule has 1 unspecified atom stereocenters. The molecule has 6 heteroatoms. The number of hydrogen-bond acceptors (Lipinski definition) is 6. The van der Waals surface area contributed by atoms with Crippen LogP contribution in [0.5, 0.6) is 5.75 Å². The molecule has 1 saturated carbocycles. The highest BCUT2D eigenvalue weighted by molar-refractivity contribution is 6.00. The Morgan fingerprint density at radius 2 is 2.00 bits per heavy atom. The molecule has 6 nitrogen and oxygen atoms in total. The molecular formula is C22H25N5O. The number of aromatic nitrogens is 3. The average molecular weight is 375 g/mol. The highest BCUT2D eigenvalue weighted by Gasteiger charge is 2.25. The second-order valence-corrected chi connectivity index (χ2v) is 8.12. The van der Waals surface area contributed by atoms with E-state index in [9.17, 15) is 5.11 Å². The predicted molar refractivity (Wildman–Crippen MR) is 111 cm³/mol. The Morgan fingerprint density at radius 1 is 1.11 bits per heavy atom. The molecule has 3 heterocycles. The number of nitrogens with zero attached hydrogens (tertiary/aromatic N) is 4. The molecule has 144 valence electrons. The lowest BCUT2D eigenvalue weighted by Gasteiger charge is -2.30. The van der Waals surface area contributed by atoms with Gasteiger partial charge in [0.15, 0.2) is 5.82 Å². The van der Waals surface area contributed by atoms with Crippen LogP contribution in [0.15, 0.2) is 36.7 Å². The fourth-order valence-corrected chi connectivity index (χ4v) is 4.20. The average Bonchev–Trinajstić information content (AvgIpc) is 3.54. The first kappa shape index (κ1) is 17.4. The largest absolute Gasteiger partial charge is 0.507 e. The summed E-state index contributed by atoms with van der Waals surface area (Å²) in [6.07, 6.45) is 8.32. The van der Waals surface area contributed by atoms with Gasteiger partial charge in [0.05, 0.1) is 0 Å². The van der Waals surface area contributed by atoms with E-state index < -0.39 is 0 Å². The third kappa shape index (κ3) is 3.29. The Bertz CT molecular complexity index is 1020. The maximum absolute atomic E-state index is 10.6. The highest BCUT2D eigenvalue weighted by Crippen LogP contribution is 2.43. The Morgan fingerprint density at radius 3 is 2.79 bits per heavy atom. The smallest absolute Gasteiger partial charge is 0.158 e. The molecule has 1 atom stereocenters. The van der Waals surface area contributed by atoms with Crippen LogP contribution >= 0.6 is 0 Å². The van der Waals surface area contributed by atoms with Crippen molar-refractivity contribution in [2.24, 2.45) is 0 Å². The maximum Gasteiger partial charge on any atom is 0.158 e. The molecule has 1 aliphatic heterocycles. The number of fused-ring (bicyclic) bond motifs is 1. The van der Waals surface area contributed by atoms with Gasteiger partial charge in [-0.2, -0.15) is 0 Å². The lowest BCUT2D eigenvalue weighted by atomic mass is 10.0. The molecule has 5 rings (SSSR count). The summed E-state index contributed by atoms with van der Waals surface area (Å²) in [4.78, 5) is 6.64. The van der Waals surface area contributed by atoms with Crippen LogP contribution in [0, 0.1) is 0 Å². The van der Waals surface area contributed by atoms with Crippen LogP contribution in [0.1, 0.15) is 37.2 Å². The van der Waals surface area contributed by atoms with Crippen LogP contribution in [-0.4, -0.2) is 51.4 Å². The molecule has 0 spiro atoms. The summed E-state index contributed by atoms with van der Waals surface area (Å²) >= 11 is 0. The van der Waals surface area contributed by atoms with Crippen molar-refractivity contribution in [1.82, 2.24) is 20.1 Å². The van der Waals surface area contributed by atoms with Crippen molar-refractivity contribution in [3.05, 3.63) is 42.2 Å². The van der Waals surface area contributed by atoms with Crippen LogP contribution in [0.4, 0.5) is 5.82 Å². The number of anilines is 1. The van der Waals surface area contributed by atoms with Gasteiger partial charge in [0, 0.05) is 41.3 Å². The summed E-state index contributed by atoms with van der Waals surface area (Å²) in [6, 6.07) is 8.26. The molecule has 1 aromatic carbocycles. The fraction of sp³-hybridized carbons (Fsp3) is 0.409. The SMILES string of the molecule is CN1CCCC(Nc2nnc(-c3ccc(C4CC4)cc3O)c3ccncc23)C1. The van der Waals surface area contributed by atoms with Gasteiger partial charge in [-0.15, -0.1) is 10.2 Å². The second-order valence-electron chi connectivity index (χ2n) is 8.12. The van der Waals surface area contributed by atoms with Crippen LogP contribution in [0.2, 0.25) is 0 Å². The number of pyridine rings is 1. The minimum absolute atomic E-state index is 0.270. The van der Waals surface area contributed by atoms with E-state index in [-0.39, 0.29) is 5.75 Å². The molecule has 1 saturated heterocycles. The molecule has 28 heavy (non-hydrogen) atoms. The van der Waals surface area contributed by atoms with E-state index in [1.54, 1.807) is 6.20 Å². The van der Waals surface area contributed by atoms with E-state index in [4.69, 9.17) is 0 Å². The molecule has 1 aliphatic carbocycles. The summed E-state index contributed by atoms with van der Waals surface area (Å²) in [5.41, 5.74) is 2.63. The third-order valence-corrected chi connectivity index (χ3v) is 5.87. The summed E-state index contributed by atoms with van der Waals surface area (Å²) in [7, 11) is 2.15. The van der Waals surface area contributed by atoms with Gasteiger partial charge < -0.3 is 15.3 Å². The number of nitrogens with one attached hydrogen (secondary N) is 1. The minimum atomic E-state index is 0.270. The minimum Gasteiger partial charge on any atom is -0.507 e. The van der Waals surface area contributed by atoms with Gasteiger partial charge in [0.25, 0.3) is 0 Å². The molecule has 2 aromatic heterocycles. The summed E-state index contributed by atoms with van der Waals surface area (Å²) < 4.78 is 0. The first-order chi connectivity index (χ1) is 13.7. The van der Waals surface area contributed by atoms with Gasteiger partial charge in [-0.1, -0.05) is 6.07 Å². The monoisotopic (exact) mass is 375 g/mol. The second kappa shape index (κ2) is 7.02. The number of benzene rings is 1. The first-order valence-corrected chi connectivity index (χ1v) is 10.1. The maximum atomic E-state index is 10.6. The summed E-state index contributed by atoms with van der Waals surface area (Å²) in [6.45, 7) is 2.13. The number of aromatic hydroxyl groups is 1. The van der Waals surface area contributed by atoms with Crippen molar-refractivity contribution in [3.8, 4) is 17.0 Å². The van der Waals surface area contributed by atoms with Gasteiger partial charge in [0.2, 0.25) is 0 Å². The van der Waals surface area contributed by atoms with Crippen molar-refractivity contribution in [3.63, 3.8) is 0 Å². The van der Waals surface area contributed by atoms with Crippen LogP contribution in [-0.2, 0) is 0 Å². The molecule has 0 radical (unpaired) electrons. The zero-order valence-corrected chi connectivity index (χ0v) is 16.1. The van der Waals surface area contributed by atoms with E-state index in [1.165, 1.54) is 24.8 Å². The molecule has 0 bridgehead atoms. The lowest BCUT2D eigenvalue weighted by molar-refractivity contribution is 0.261. The van der Waals surface area contributed by atoms with Crippen molar-refractivity contribution in [2.45, 2.75) is 37.6 Å². The van der Waals surface area contributed by atoms with Crippen LogP contribution in [0.3, 0.4) is 0 Å². The van der Waals surface area contributed by atoms with Gasteiger partial charge in [-0.05, 0) is 69.0 Å². The Hall–Kier alpha value is -2.73. The fourth-order valence-electron chi connectivity index (χ4n) is 4.20. The Kier molecular flexibility index (Phi) is 4.36. The van der Waals surface area contributed by atoms with Crippen molar-refractivity contribution < 1.29 is 5.11 Å². The Balaban J connectivity index is 1.53. The topological polar surface area (TPSA) is 74.2 Å². The molecule has 3 aromatic rings. The van der Waals surface area contributed by atoms with E-state index in [2.05, 4.69) is 38.5 Å². The van der Waals surface area contributed by atoms with E-state index in [0.717, 1.165) is 41.7 Å². The number of phenolic OH excluding ortho intramolecular Hbond substituents is 1. The van der Waals surface area contributed by atoms with Gasteiger partial charge >= 0.3 is 0 Å². The molecule has 2 aliphatic rings. The molecule has 2 fully saturated rings. The molecule has 0 amide bonds. The predicted octanol–water partition coefficient (Wildman–Crippen LogP) is 3.78. The van der Waals surface area contributed by atoms with Crippen LogP contribution in [0.25, 0.3) is 22.0 Å². The van der Waals surface area contributed by atoms with Crippen LogP contribution < -0.4 is 5.32 Å². The number of rotatable bonds is 4. The number of phenols is 1. The quantitative estimate of drug-likeness (QED) is 0.723. The standard InChI is InChI=1S/C22H25N5O/c1-27-10-2-3-16(13-27)24-22-19-12-23-9-8-17(19)21(25-26-22)18-7-6-15(11-20(18)28)14-4-5-14/h6-9,11-12,14,16,28H,2-5,10,13H2,1H3,(H,24,26). The lowest BCUT2D eigenvalue weighted by Crippen LogP contribution is -2.40. The van der Waals surface area contributed by atoms with Crippen molar-refractivity contribution in [2.75, 3.05) is 25.5 Å². The van der Waals surface area contributed by atoms with Gasteiger partial charge in [0.1, 0.15) is 11.4 Å². The number of hydrogen-bond donors (Lipinski definition) is 2. The molecular weight excluding hydrogens is 350 g/mol. The summed E-state index contributed by atoms with van der Waals surface area (Å²) in [5, 5.41) is 25.1. The van der Waals surface area contributed by atoms with Crippen molar-refractivity contribution >= 4 is 16.6 Å². The number of piperidine rings is 1. The normalized spacial score (nSPS) is 20.4. The number of likely N-dealkylation sites (N-methyl/N-ethyl adjacent to an activating group) is 1. The van der Waals surface area contributed by atoms with Gasteiger partial charge in [-0.25, -0.2) is 0 Å². The zero-order valence-electron chi connectivity index (χ0n) is 16.1. The van der Waals surface area contributed by atoms with Gasteiger partial charge in [-0.3, -0.25) is 4.98 Å². The third-order valence-electron chi connectivity index (χ3n) is 5.87. The molecule has 2 N–H and O–H groups in total. The highest BCUT2D eigenvalue weighted by atomic mass is 16.3.